The quantitative estimate of drug-likeness (QED) is 0.373. The fourth-order valence-corrected chi connectivity index (χ4v) is 2.53. The van der Waals surface area contributed by atoms with E-state index >= 15 is 0 Å². The molecule has 2 N–H and O–H groups in total. The minimum Gasteiger partial charge on any atom is -0.398 e. The van der Waals surface area contributed by atoms with Crippen molar-refractivity contribution in [1.82, 2.24) is 4.90 Å². The van der Waals surface area contributed by atoms with Gasteiger partial charge in [0.05, 0.1) is 5.56 Å². The fourth-order valence-electron chi connectivity index (χ4n) is 2.26. The molecule has 1 atom stereocenters. The Morgan fingerprint density at radius 1 is 1.17 bits per heavy atom. The summed E-state index contributed by atoms with van der Waals surface area (Å²) in [6, 6.07) is 9.46. The lowest BCUT2D eigenvalue weighted by Gasteiger charge is -2.25. The number of alkyl halides is 4. The van der Waals surface area contributed by atoms with E-state index in [-0.39, 0.29) is 12.1 Å². The van der Waals surface area contributed by atoms with E-state index in [4.69, 9.17) is 17.3 Å². The lowest BCUT2D eigenvalue weighted by Crippen LogP contribution is -2.23. The third-order valence-electron chi connectivity index (χ3n) is 3.44. The molecule has 0 radical (unpaired) electrons. The number of nitrogen functional groups attached to an aromatic ring is 1. The number of rotatable bonds is 4. The summed E-state index contributed by atoms with van der Waals surface area (Å²) < 4.78 is 52.2. The molecule has 0 amide bonds. The van der Waals surface area contributed by atoms with Crippen LogP contribution in [0.15, 0.2) is 42.5 Å². The Hall–Kier alpha value is -1.79. The number of hydrogen-bond acceptors (Lipinski definition) is 2. The van der Waals surface area contributed by atoms with Gasteiger partial charge in [-0.2, -0.15) is 13.2 Å². The zero-order valence-electron chi connectivity index (χ0n) is 12.2. The molecule has 7 heteroatoms. The van der Waals surface area contributed by atoms with Gasteiger partial charge in [0.15, 0.2) is 0 Å². The molecule has 2 rings (SSSR count). The van der Waals surface area contributed by atoms with Crippen LogP contribution in [0.5, 0.6) is 0 Å². The maximum Gasteiger partial charge on any atom is 0.416 e. The van der Waals surface area contributed by atoms with Crippen LogP contribution in [-0.2, 0) is 12.7 Å². The standard InChI is InChI=1S/C16H15ClF4N2/c1-23(15(17)12-4-2-3-5-14(12)22)9-10-6-7-11(18)8-13(10)16(19,20)21/h2-8,15H,9,22H2,1H3. The number of nitrogens with two attached hydrogens (primary N) is 1. The summed E-state index contributed by atoms with van der Waals surface area (Å²) in [6.45, 7) is -0.0996. The number of benzene rings is 2. The van der Waals surface area contributed by atoms with E-state index < -0.39 is 23.1 Å². The van der Waals surface area contributed by atoms with Crippen molar-refractivity contribution in [3.63, 3.8) is 0 Å². The molecule has 1 unspecified atom stereocenters. The lowest BCUT2D eigenvalue weighted by atomic mass is 10.1. The van der Waals surface area contributed by atoms with Crippen LogP contribution in [0.1, 0.15) is 22.2 Å². The summed E-state index contributed by atoms with van der Waals surface area (Å²) in [5, 5.41) is 0. The van der Waals surface area contributed by atoms with Crippen LogP contribution in [0.2, 0.25) is 0 Å². The highest BCUT2D eigenvalue weighted by Gasteiger charge is 2.34. The Bertz CT molecular complexity index is 688. The van der Waals surface area contributed by atoms with Crippen molar-refractivity contribution in [3.05, 3.63) is 65.0 Å². The number of anilines is 1. The van der Waals surface area contributed by atoms with E-state index in [1.165, 1.54) is 4.90 Å². The second-order valence-corrected chi connectivity index (χ2v) is 5.59. The van der Waals surface area contributed by atoms with Gasteiger partial charge in [0, 0.05) is 17.8 Å². The molecule has 0 spiro atoms. The largest absolute Gasteiger partial charge is 0.416 e. The van der Waals surface area contributed by atoms with Crippen LogP contribution in [0.25, 0.3) is 0 Å². The minimum absolute atomic E-state index is 0.0541. The molecule has 0 aliphatic heterocycles. The van der Waals surface area contributed by atoms with Gasteiger partial charge in [-0.05, 0) is 30.8 Å². The normalized spacial score (nSPS) is 13.3. The first-order chi connectivity index (χ1) is 10.7. The molecule has 0 aliphatic rings. The van der Waals surface area contributed by atoms with E-state index in [1.54, 1.807) is 31.3 Å². The number of para-hydroxylation sites is 1. The number of halogens is 5. The summed E-state index contributed by atoms with van der Waals surface area (Å²) in [4.78, 5) is 1.51. The van der Waals surface area contributed by atoms with Crippen molar-refractivity contribution in [3.8, 4) is 0 Å². The molecule has 0 bridgehead atoms. The van der Waals surface area contributed by atoms with E-state index in [2.05, 4.69) is 0 Å². The van der Waals surface area contributed by atoms with Crippen molar-refractivity contribution in [2.45, 2.75) is 18.2 Å². The van der Waals surface area contributed by atoms with Gasteiger partial charge in [0.2, 0.25) is 0 Å². The third-order valence-corrected chi connectivity index (χ3v) is 4.00. The first-order valence-corrected chi connectivity index (χ1v) is 7.18. The van der Waals surface area contributed by atoms with Crippen LogP contribution in [0.4, 0.5) is 23.2 Å². The van der Waals surface area contributed by atoms with E-state index in [1.807, 2.05) is 0 Å². The molecule has 124 valence electrons. The first-order valence-electron chi connectivity index (χ1n) is 6.74. The average Bonchev–Trinajstić information content (AvgIpc) is 2.47. The summed E-state index contributed by atoms with van der Waals surface area (Å²) in [6.07, 6.45) is -4.63. The summed E-state index contributed by atoms with van der Waals surface area (Å²) in [5.74, 6) is -0.932. The van der Waals surface area contributed by atoms with Gasteiger partial charge in [0.25, 0.3) is 0 Å². The van der Waals surface area contributed by atoms with E-state index in [0.29, 0.717) is 17.3 Å². The van der Waals surface area contributed by atoms with Crippen molar-refractivity contribution in [1.29, 1.82) is 0 Å². The van der Waals surface area contributed by atoms with Gasteiger partial charge < -0.3 is 5.73 Å². The Balaban J connectivity index is 2.27. The molecule has 23 heavy (non-hydrogen) atoms. The number of nitrogens with zero attached hydrogens (tertiary/aromatic N) is 1. The van der Waals surface area contributed by atoms with Crippen molar-refractivity contribution in [2.75, 3.05) is 12.8 Å². The zero-order valence-corrected chi connectivity index (χ0v) is 13.0. The van der Waals surface area contributed by atoms with Crippen molar-refractivity contribution < 1.29 is 17.6 Å². The van der Waals surface area contributed by atoms with E-state index in [9.17, 15) is 17.6 Å². The second kappa shape index (κ2) is 6.76. The van der Waals surface area contributed by atoms with Gasteiger partial charge in [-0.3, -0.25) is 4.90 Å². The minimum atomic E-state index is -4.63. The molecule has 2 aromatic rings. The predicted octanol–water partition coefficient (Wildman–Crippen LogP) is 4.80. The van der Waals surface area contributed by atoms with Crippen LogP contribution in [-0.4, -0.2) is 11.9 Å². The zero-order chi connectivity index (χ0) is 17.2. The highest BCUT2D eigenvalue weighted by molar-refractivity contribution is 6.20. The van der Waals surface area contributed by atoms with Crippen LogP contribution in [0, 0.1) is 5.82 Å². The molecule has 0 aliphatic carbocycles. The Morgan fingerprint density at radius 3 is 2.43 bits per heavy atom. The monoisotopic (exact) mass is 346 g/mol. The highest BCUT2D eigenvalue weighted by atomic mass is 35.5. The van der Waals surface area contributed by atoms with Crippen LogP contribution >= 0.6 is 11.6 Å². The summed E-state index contributed by atoms with van der Waals surface area (Å²) in [5.41, 5.74) is 5.12. The Labute approximate surface area is 136 Å². The summed E-state index contributed by atoms with van der Waals surface area (Å²) in [7, 11) is 1.58. The van der Waals surface area contributed by atoms with Crippen LogP contribution < -0.4 is 5.73 Å². The SMILES string of the molecule is CN(Cc1ccc(F)cc1C(F)(F)F)C(Cl)c1ccccc1N. The molecule has 0 saturated heterocycles. The molecule has 0 aromatic heterocycles. The first kappa shape index (κ1) is 17.6. The molecular formula is C16H15ClF4N2. The van der Waals surface area contributed by atoms with Gasteiger partial charge in [-0.25, -0.2) is 4.39 Å². The lowest BCUT2D eigenvalue weighted by molar-refractivity contribution is -0.138. The maximum atomic E-state index is 13.1. The van der Waals surface area contributed by atoms with Crippen LogP contribution in [0.3, 0.4) is 0 Å². The Kier molecular flexibility index (Phi) is 5.16. The van der Waals surface area contributed by atoms with Crippen molar-refractivity contribution >= 4 is 17.3 Å². The van der Waals surface area contributed by atoms with Gasteiger partial charge in [-0.15, -0.1) is 11.6 Å². The second-order valence-electron chi connectivity index (χ2n) is 5.18. The van der Waals surface area contributed by atoms with E-state index in [0.717, 1.165) is 12.1 Å². The van der Waals surface area contributed by atoms with Gasteiger partial charge in [0.1, 0.15) is 11.3 Å². The topological polar surface area (TPSA) is 29.3 Å². The fraction of sp³-hybridized carbons (Fsp3) is 0.250. The molecule has 0 heterocycles. The predicted molar refractivity (Wildman–Crippen MR) is 82.3 cm³/mol. The Morgan fingerprint density at radius 2 is 1.83 bits per heavy atom. The molecule has 0 fully saturated rings. The van der Waals surface area contributed by atoms with Gasteiger partial charge >= 0.3 is 6.18 Å². The average molecular weight is 347 g/mol. The molecule has 2 aromatic carbocycles. The molecule has 0 saturated carbocycles. The molecular weight excluding hydrogens is 332 g/mol. The smallest absolute Gasteiger partial charge is 0.398 e. The summed E-state index contributed by atoms with van der Waals surface area (Å²) >= 11 is 6.30. The maximum absolute atomic E-state index is 13.1. The highest BCUT2D eigenvalue weighted by Crippen LogP contribution is 2.35. The molecule has 2 nitrogen and oxygen atoms in total. The third kappa shape index (κ3) is 4.14. The number of hydrogen-bond donors (Lipinski definition) is 1. The van der Waals surface area contributed by atoms with Gasteiger partial charge in [-0.1, -0.05) is 24.3 Å². The van der Waals surface area contributed by atoms with Crippen molar-refractivity contribution in [2.24, 2.45) is 0 Å².